The fourth-order valence-electron chi connectivity index (χ4n) is 1.35. The molecule has 0 aromatic heterocycles. The monoisotopic (exact) mass is 141 g/mol. The Balaban J connectivity index is 1.91. The number of rotatable bonds is 4. The summed E-state index contributed by atoms with van der Waals surface area (Å²) in [6.45, 7) is 4.16. The lowest BCUT2D eigenvalue weighted by Gasteiger charge is -2.08. The van der Waals surface area contributed by atoms with Crippen LogP contribution in [0.1, 0.15) is 45.4 Å². The normalized spacial score (nSPS) is 20.1. The van der Waals surface area contributed by atoms with E-state index in [0.717, 1.165) is 6.42 Å². The Morgan fingerprint density at radius 3 is 2.70 bits per heavy atom. The van der Waals surface area contributed by atoms with Crippen molar-refractivity contribution in [3.63, 3.8) is 0 Å². The molecule has 0 heterocycles. The van der Waals surface area contributed by atoms with Gasteiger partial charge in [-0.1, -0.05) is 26.2 Å². The van der Waals surface area contributed by atoms with Crippen LogP contribution in [-0.2, 0) is 4.74 Å². The maximum atomic E-state index is 5.52. The summed E-state index contributed by atoms with van der Waals surface area (Å²) in [5.41, 5.74) is 0. The number of hydrogen-bond acceptors (Lipinski definition) is 1. The summed E-state index contributed by atoms with van der Waals surface area (Å²) < 4.78 is 5.52. The minimum atomic E-state index is 0.562. The van der Waals surface area contributed by atoms with Gasteiger partial charge in [-0.05, 0) is 19.3 Å². The molecule has 10 heavy (non-hydrogen) atoms. The molecule has 1 radical (unpaired) electrons. The third kappa shape index (κ3) is 2.70. The van der Waals surface area contributed by atoms with Crippen LogP contribution in [0.3, 0.4) is 0 Å². The lowest BCUT2D eigenvalue weighted by Crippen LogP contribution is -2.04. The minimum absolute atomic E-state index is 0.562. The molecule has 1 nitrogen and oxygen atoms in total. The number of unbranched alkanes of at least 4 members (excludes halogenated alkanes) is 1. The van der Waals surface area contributed by atoms with E-state index in [1.165, 1.54) is 32.1 Å². The predicted octanol–water partition coefficient (Wildman–Crippen LogP) is 2.91. The van der Waals surface area contributed by atoms with Crippen molar-refractivity contribution < 1.29 is 4.74 Å². The highest BCUT2D eigenvalue weighted by atomic mass is 16.5. The van der Waals surface area contributed by atoms with E-state index in [1.54, 1.807) is 0 Å². The maximum absolute atomic E-state index is 5.52. The van der Waals surface area contributed by atoms with Crippen LogP contribution in [0.2, 0.25) is 0 Å². The highest BCUT2D eigenvalue weighted by molar-refractivity contribution is 4.68. The first-order valence-electron chi connectivity index (χ1n) is 4.40. The Labute approximate surface area is 63.8 Å². The smallest absolute Gasteiger partial charge is 0.0840 e. The molecule has 1 rings (SSSR count). The molecule has 0 N–H and O–H groups in total. The standard InChI is InChI=1S/C9H17O/c1-2-3-8-10-9-6-4-5-7-9/h8-9H,2-7H2,1H3. The van der Waals surface area contributed by atoms with Gasteiger partial charge in [0.2, 0.25) is 0 Å². The van der Waals surface area contributed by atoms with E-state index >= 15 is 0 Å². The van der Waals surface area contributed by atoms with E-state index in [2.05, 4.69) is 6.92 Å². The van der Waals surface area contributed by atoms with Crippen LogP contribution in [-0.4, -0.2) is 6.10 Å². The Morgan fingerprint density at radius 2 is 2.10 bits per heavy atom. The maximum Gasteiger partial charge on any atom is 0.0840 e. The molecular weight excluding hydrogens is 124 g/mol. The van der Waals surface area contributed by atoms with Crippen molar-refractivity contribution in [1.29, 1.82) is 0 Å². The fourth-order valence-corrected chi connectivity index (χ4v) is 1.35. The SMILES string of the molecule is CCC[CH]OC1CCCC1. The van der Waals surface area contributed by atoms with Crippen LogP contribution in [0.5, 0.6) is 0 Å². The van der Waals surface area contributed by atoms with Crippen LogP contribution < -0.4 is 0 Å². The molecule has 0 unspecified atom stereocenters. The average molecular weight is 141 g/mol. The highest BCUT2D eigenvalue weighted by Gasteiger charge is 2.14. The van der Waals surface area contributed by atoms with Gasteiger partial charge in [0.25, 0.3) is 0 Å². The Bertz CT molecular complexity index is 74.8. The number of hydrogen-bond donors (Lipinski definition) is 0. The fraction of sp³-hybridized carbons (Fsp3) is 0.889. The third-order valence-electron chi connectivity index (χ3n) is 2.00. The first-order chi connectivity index (χ1) is 4.93. The summed E-state index contributed by atoms with van der Waals surface area (Å²) in [4.78, 5) is 0. The first kappa shape index (κ1) is 8.06. The van der Waals surface area contributed by atoms with Gasteiger partial charge < -0.3 is 4.74 Å². The Kier molecular flexibility index (Phi) is 3.81. The van der Waals surface area contributed by atoms with Crippen LogP contribution in [0.4, 0.5) is 0 Å². The molecule has 1 saturated carbocycles. The minimum Gasteiger partial charge on any atom is -0.372 e. The van der Waals surface area contributed by atoms with E-state index < -0.39 is 0 Å². The van der Waals surface area contributed by atoms with E-state index in [1.807, 2.05) is 6.61 Å². The molecule has 0 saturated heterocycles. The Hall–Kier alpha value is -0.0400. The lowest BCUT2D eigenvalue weighted by atomic mass is 10.3. The number of ether oxygens (including phenoxy) is 1. The zero-order valence-corrected chi connectivity index (χ0v) is 6.81. The van der Waals surface area contributed by atoms with Crippen LogP contribution in [0, 0.1) is 6.61 Å². The molecule has 0 spiro atoms. The lowest BCUT2D eigenvalue weighted by molar-refractivity contribution is 0.106. The Morgan fingerprint density at radius 1 is 1.40 bits per heavy atom. The van der Waals surface area contributed by atoms with Gasteiger partial charge in [0.1, 0.15) is 0 Å². The summed E-state index contributed by atoms with van der Waals surface area (Å²) in [7, 11) is 0. The molecule has 1 aliphatic carbocycles. The summed E-state index contributed by atoms with van der Waals surface area (Å²) in [6.07, 6.45) is 8.16. The zero-order chi connectivity index (χ0) is 7.23. The first-order valence-corrected chi connectivity index (χ1v) is 4.40. The molecule has 1 heteroatoms. The van der Waals surface area contributed by atoms with Crippen molar-refractivity contribution in [2.75, 3.05) is 0 Å². The van der Waals surface area contributed by atoms with E-state index in [0.29, 0.717) is 6.10 Å². The molecule has 0 bridgehead atoms. The van der Waals surface area contributed by atoms with Gasteiger partial charge in [0.15, 0.2) is 0 Å². The van der Waals surface area contributed by atoms with Gasteiger partial charge in [-0.25, -0.2) is 0 Å². The molecule has 0 aromatic rings. The van der Waals surface area contributed by atoms with E-state index in [4.69, 9.17) is 4.74 Å². The van der Waals surface area contributed by atoms with Crippen molar-refractivity contribution in [2.45, 2.75) is 51.6 Å². The van der Waals surface area contributed by atoms with Gasteiger partial charge in [-0.3, -0.25) is 0 Å². The highest BCUT2D eigenvalue weighted by Crippen LogP contribution is 2.21. The van der Waals surface area contributed by atoms with E-state index in [9.17, 15) is 0 Å². The molecule has 0 amide bonds. The van der Waals surface area contributed by atoms with Gasteiger partial charge in [-0.2, -0.15) is 0 Å². The molecule has 1 aliphatic rings. The van der Waals surface area contributed by atoms with Crippen molar-refractivity contribution >= 4 is 0 Å². The van der Waals surface area contributed by atoms with E-state index in [-0.39, 0.29) is 0 Å². The molecule has 59 valence electrons. The van der Waals surface area contributed by atoms with Gasteiger partial charge in [0, 0.05) is 0 Å². The van der Waals surface area contributed by atoms with Gasteiger partial charge in [-0.15, -0.1) is 0 Å². The second kappa shape index (κ2) is 4.73. The second-order valence-electron chi connectivity index (χ2n) is 3.00. The molecule has 0 aromatic carbocycles. The molecule has 0 aliphatic heterocycles. The van der Waals surface area contributed by atoms with Crippen molar-refractivity contribution in [3.05, 3.63) is 6.61 Å². The quantitative estimate of drug-likeness (QED) is 0.547. The van der Waals surface area contributed by atoms with Crippen LogP contribution >= 0.6 is 0 Å². The topological polar surface area (TPSA) is 9.23 Å². The summed E-state index contributed by atoms with van der Waals surface area (Å²) in [6, 6.07) is 0. The average Bonchev–Trinajstić information content (AvgIpc) is 2.41. The van der Waals surface area contributed by atoms with Gasteiger partial charge >= 0.3 is 0 Å². The summed E-state index contributed by atoms with van der Waals surface area (Å²) >= 11 is 0. The predicted molar refractivity (Wildman–Crippen MR) is 42.5 cm³/mol. The molecule has 0 atom stereocenters. The van der Waals surface area contributed by atoms with Crippen molar-refractivity contribution in [3.8, 4) is 0 Å². The largest absolute Gasteiger partial charge is 0.372 e. The summed E-state index contributed by atoms with van der Waals surface area (Å²) in [5, 5.41) is 0. The van der Waals surface area contributed by atoms with Crippen molar-refractivity contribution in [2.24, 2.45) is 0 Å². The summed E-state index contributed by atoms with van der Waals surface area (Å²) in [5.74, 6) is 0. The van der Waals surface area contributed by atoms with Crippen LogP contribution in [0.15, 0.2) is 0 Å². The molecule has 1 fully saturated rings. The van der Waals surface area contributed by atoms with Gasteiger partial charge in [0.05, 0.1) is 12.7 Å². The zero-order valence-electron chi connectivity index (χ0n) is 6.81. The molecular formula is C9H17O. The second-order valence-corrected chi connectivity index (χ2v) is 3.00. The van der Waals surface area contributed by atoms with Crippen molar-refractivity contribution in [1.82, 2.24) is 0 Å². The van der Waals surface area contributed by atoms with Crippen LogP contribution in [0.25, 0.3) is 0 Å². The third-order valence-corrected chi connectivity index (χ3v) is 2.00.